The minimum atomic E-state index is 0.735. The number of rotatable bonds is 5. The summed E-state index contributed by atoms with van der Waals surface area (Å²) in [5.41, 5.74) is 3.23. The van der Waals surface area contributed by atoms with Gasteiger partial charge in [0.05, 0.1) is 18.9 Å². The van der Waals surface area contributed by atoms with E-state index in [-0.39, 0.29) is 0 Å². The maximum atomic E-state index is 5.48. The lowest BCUT2D eigenvalue weighted by Gasteiger charge is -2.27. The molecule has 29 heavy (non-hydrogen) atoms. The van der Waals surface area contributed by atoms with Gasteiger partial charge >= 0.3 is 0 Å². The number of hydrogen-bond donors (Lipinski definition) is 1. The average Bonchev–Trinajstić information content (AvgIpc) is 3.09. The predicted octanol–water partition coefficient (Wildman–Crippen LogP) is 3.68. The van der Waals surface area contributed by atoms with E-state index >= 15 is 0 Å². The lowest BCUT2D eigenvalue weighted by Crippen LogP contribution is -2.37. The maximum Gasteiger partial charge on any atom is 0.182 e. The van der Waals surface area contributed by atoms with Crippen molar-refractivity contribution in [3.05, 3.63) is 66.1 Å². The summed E-state index contributed by atoms with van der Waals surface area (Å²) < 4.78 is 7.59. The van der Waals surface area contributed by atoms with Crippen LogP contribution in [0.4, 0.5) is 11.6 Å². The number of nitrogens with one attached hydrogen (secondary N) is 1. The second-order valence-electron chi connectivity index (χ2n) is 7.45. The Morgan fingerprint density at radius 3 is 2.76 bits per heavy atom. The van der Waals surface area contributed by atoms with E-state index in [4.69, 9.17) is 9.72 Å². The molecule has 0 spiro atoms. The molecule has 0 saturated carbocycles. The number of hydrogen-bond acceptors (Lipinski definition) is 5. The Kier molecular flexibility index (Phi) is 4.77. The largest absolute Gasteiger partial charge is 0.378 e. The molecule has 0 bridgehead atoms. The standard InChI is InChI=1S/C23H25N5O/c1-17-21(24-9-8-18-6-7-19-4-2-3-5-20(19)16-18)28-11-10-25-22(23(28)26-17)27-12-14-29-15-13-27/h2-7,10-11,16,24H,8-9,12-15H2,1H3. The van der Waals surface area contributed by atoms with Crippen LogP contribution in [-0.2, 0) is 11.2 Å². The normalized spacial score (nSPS) is 14.6. The zero-order valence-corrected chi connectivity index (χ0v) is 16.6. The number of anilines is 2. The van der Waals surface area contributed by atoms with Gasteiger partial charge in [-0.2, -0.15) is 0 Å². The summed E-state index contributed by atoms with van der Waals surface area (Å²) in [5, 5.41) is 6.16. The van der Waals surface area contributed by atoms with Crippen molar-refractivity contribution in [2.24, 2.45) is 0 Å². The molecular formula is C23H25N5O. The van der Waals surface area contributed by atoms with Crippen LogP contribution in [-0.4, -0.2) is 47.2 Å². The van der Waals surface area contributed by atoms with Crippen LogP contribution in [0.25, 0.3) is 16.4 Å². The van der Waals surface area contributed by atoms with Crippen molar-refractivity contribution >= 4 is 28.1 Å². The lowest BCUT2D eigenvalue weighted by atomic mass is 10.1. The van der Waals surface area contributed by atoms with E-state index in [9.17, 15) is 0 Å². The predicted molar refractivity (Wildman–Crippen MR) is 117 cm³/mol. The summed E-state index contributed by atoms with van der Waals surface area (Å²) in [7, 11) is 0. The third-order valence-electron chi connectivity index (χ3n) is 5.53. The molecule has 0 atom stereocenters. The SMILES string of the molecule is Cc1nc2c(N3CCOCC3)nccn2c1NCCc1ccc2ccccc2c1. The fraction of sp³-hybridized carbons (Fsp3) is 0.304. The molecule has 0 radical (unpaired) electrons. The van der Waals surface area contributed by atoms with Gasteiger partial charge in [0.25, 0.3) is 0 Å². The maximum absolute atomic E-state index is 5.48. The first kappa shape index (κ1) is 17.9. The van der Waals surface area contributed by atoms with E-state index < -0.39 is 0 Å². The molecule has 6 heteroatoms. The zero-order chi connectivity index (χ0) is 19.6. The van der Waals surface area contributed by atoms with E-state index in [2.05, 4.69) is 69.0 Å². The fourth-order valence-corrected chi connectivity index (χ4v) is 4.01. The van der Waals surface area contributed by atoms with Crippen LogP contribution in [0.5, 0.6) is 0 Å². The molecule has 2 aromatic heterocycles. The van der Waals surface area contributed by atoms with Crippen molar-refractivity contribution in [2.45, 2.75) is 13.3 Å². The molecule has 5 rings (SSSR count). The Morgan fingerprint density at radius 1 is 1.07 bits per heavy atom. The second-order valence-corrected chi connectivity index (χ2v) is 7.45. The van der Waals surface area contributed by atoms with Gasteiger partial charge in [-0.3, -0.25) is 4.40 Å². The number of ether oxygens (including phenoxy) is 1. The van der Waals surface area contributed by atoms with Gasteiger partial charge in [-0.1, -0.05) is 42.5 Å². The Labute approximate surface area is 170 Å². The van der Waals surface area contributed by atoms with Crippen LogP contribution in [0.2, 0.25) is 0 Å². The molecule has 4 aromatic rings. The van der Waals surface area contributed by atoms with Gasteiger partial charge in [0.1, 0.15) is 5.82 Å². The number of fused-ring (bicyclic) bond motifs is 2. The van der Waals surface area contributed by atoms with Gasteiger partial charge in [0.15, 0.2) is 11.5 Å². The Hall–Kier alpha value is -3.12. The van der Waals surface area contributed by atoms with Gasteiger partial charge in [-0.15, -0.1) is 0 Å². The van der Waals surface area contributed by atoms with E-state index in [1.54, 1.807) is 0 Å². The lowest BCUT2D eigenvalue weighted by molar-refractivity contribution is 0.122. The Bertz CT molecular complexity index is 1150. The number of nitrogens with zero attached hydrogens (tertiary/aromatic N) is 4. The average molecular weight is 387 g/mol. The molecule has 2 aromatic carbocycles. The minimum absolute atomic E-state index is 0.735. The molecule has 3 heterocycles. The number of aromatic nitrogens is 3. The van der Waals surface area contributed by atoms with Gasteiger partial charge in [-0.25, -0.2) is 9.97 Å². The topological polar surface area (TPSA) is 54.7 Å². The third kappa shape index (κ3) is 3.51. The van der Waals surface area contributed by atoms with Crippen molar-refractivity contribution in [1.82, 2.24) is 14.4 Å². The van der Waals surface area contributed by atoms with E-state index in [0.29, 0.717) is 0 Å². The van der Waals surface area contributed by atoms with Crippen LogP contribution >= 0.6 is 0 Å². The van der Waals surface area contributed by atoms with Crippen molar-refractivity contribution in [2.75, 3.05) is 43.1 Å². The molecule has 0 amide bonds. The molecule has 6 nitrogen and oxygen atoms in total. The molecule has 1 fully saturated rings. The van der Waals surface area contributed by atoms with Gasteiger partial charge in [-0.05, 0) is 29.7 Å². The molecule has 1 N–H and O–H groups in total. The first-order valence-corrected chi connectivity index (χ1v) is 10.2. The summed E-state index contributed by atoms with van der Waals surface area (Å²) in [6, 6.07) is 15.2. The number of aryl methyl sites for hydroxylation is 1. The van der Waals surface area contributed by atoms with Crippen LogP contribution in [0.3, 0.4) is 0 Å². The van der Waals surface area contributed by atoms with Crippen LogP contribution in [0.1, 0.15) is 11.3 Å². The van der Waals surface area contributed by atoms with Crippen molar-refractivity contribution in [3.63, 3.8) is 0 Å². The first-order chi connectivity index (χ1) is 14.3. The molecule has 1 aliphatic rings. The summed E-state index contributed by atoms with van der Waals surface area (Å²) in [5.74, 6) is 1.97. The number of benzene rings is 2. The summed E-state index contributed by atoms with van der Waals surface area (Å²) in [6.45, 7) is 6.07. The highest BCUT2D eigenvalue weighted by atomic mass is 16.5. The summed E-state index contributed by atoms with van der Waals surface area (Å²) in [6.07, 6.45) is 4.80. The van der Waals surface area contributed by atoms with Crippen LogP contribution in [0, 0.1) is 6.92 Å². The Morgan fingerprint density at radius 2 is 1.90 bits per heavy atom. The van der Waals surface area contributed by atoms with Gasteiger partial charge in [0, 0.05) is 32.0 Å². The minimum Gasteiger partial charge on any atom is -0.378 e. The molecule has 148 valence electrons. The van der Waals surface area contributed by atoms with Gasteiger partial charge < -0.3 is 15.0 Å². The molecule has 0 aliphatic carbocycles. The third-order valence-corrected chi connectivity index (χ3v) is 5.53. The summed E-state index contributed by atoms with van der Waals surface area (Å²) >= 11 is 0. The highest BCUT2D eigenvalue weighted by molar-refractivity contribution is 5.83. The first-order valence-electron chi connectivity index (χ1n) is 10.2. The van der Waals surface area contributed by atoms with E-state index in [0.717, 1.165) is 62.2 Å². The Balaban J connectivity index is 1.35. The van der Waals surface area contributed by atoms with E-state index in [1.807, 2.05) is 12.4 Å². The molecule has 0 unspecified atom stereocenters. The van der Waals surface area contributed by atoms with Gasteiger partial charge in [0.2, 0.25) is 0 Å². The van der Waals surface area contributed by atoms with Crippen LogP contribution < -0.4 is 10.2 Å². The monoisotopic (exact) mass is 387 g/mol. The van der Waals surface area contributed by atoms with Crippen LogP contribution in [0.15, 0.2) is 54.9 Å². The molecule has 1 aliphatic heterocycles. The highest BCUT2D eigenvalue weighted by Gasteiger charge is 2.19. The fourth-order valence-electron chi connectivity index (χ4n) is 4.01. The molecule has 1 saturated heterocycles. The van der Waals surface area contributed by atoms with Crippen molar-refractivity contribution in [3.8, 4) is 0 Å². The quantitative estimate of drug-likeness (QED) is 0.566. The number of imidazole rings is 1. The zero-order valence-electron chi connectivity index (χ0n) is 16.6. The van der Waals surface area contributed by atoms with E-state index in [1.165, 1.54) is 16.3 Å². The van der Waals surface area contributed by atoms with Crippen molar-refractivity contribution < 1.29 is 4.74 Å². The second kappa shape index (κ2) is 7.72. The molecular weight excluding hydrogens is 362 g/mol. The van der Waals surface area contributed by atoms with Crippen molar-refractivity contribution in [1.29, 1.82) is 0 Å². The highest BCUT2D eigenvalue weighted by Crippen LogP contribution is 2.25. The smallest absolute Gasteiger partial charge is 0.182 e. The number of morpholine rings is 1. The summed E-state index contributed by atoms with van der Waals surface area (Å²) in [4.78, 5) is 11.7.